The summed E-state index contributed by atoms with van der Waals surface area (Å²) in [5, 5.41) is 3.50. The van der Waals surface area contributed by atoms with Gasteiger partial charge in [0.15, 0.2) is 6.17 Å². The van der Waals surface area contributed by atoms with Crippen LogP contribution in [0.25, 0.3) is 33.4 Å². The van der Waals surface area contributed by atoms with Crippen molar-refractivity contribution in [3.63, 3.8) is 0 Å². The minimum atomic E-state index is -0.473. The van der Waals surface area contributed by atoms with Crippen LogP contribution in [0.5, 0.6) is 0 Å². The van der Waals surface area contributed by atoms with Crippen molar-refractivity contribution >= 4 is 28.7 Å². The normalized spacial score (nSPS) is 14.5. The Balaban J connectivity index is 0.923. The Morgan fingerprint density at radius 3 is 1.45 bits per heavy atom. The molecule has 2 aliphatic heterocycles. The first-order chi connectivity index (χ1) is 30.7. The maximum absolute atomic E-state index is 5.09. The summed E-state index contributed by atoms with van der Waals surface area (Å²) in [6, 6.07) is 83.1. The van der Waals surface area contributed by atoms with Crippen molar-refractivity contribution in [2.45, 2.75) is 11.6 Å². The predicted octanol–water partition coefficient (Wildman–Crippen LogP) is 13.7. The zero-order valence-electron chi connectivity index (χ0n) is 33.9. The van der Waals surface area contributed by atoms with Gasteiger partial charge in [-0.05, 0) is 97.6 Å². The molecule has 0 aromatic heterocycles. The van der Waals surface area contributed by atoms with Crippen LogP contribution >= 0.6 is 0 Å². The number of anilines is 3. The van der Waals surface area contributed by atoms with E-state index in [0.29, 0.717) is 0 Å². The first-order valence-corrected chi connectivity index (χ1v) is 21.3. The summed E-state index contributed by atoms with van der Waals surface area (Å²) in [4.78, 5) is 12.6. The molecule has 4 heteroatoms. The second-order valence-corrected chi connectivity index (χ2v) is 16.2. The molecule has 9 aromatic carbocycles. The Hall–Kier alpha value is -8.08. The average Bonchev–Trinajstić information content (AvgIpc) is 3.65. The van der Waals surface area contributed by atoms with E-state index >= 15 is 0 Å². The van der Waals surface area contributed by atoms with Gasteiger partial charge < -0.3 is 10.2 Å². The zero-order valence-corrected chi connectivity index (χ0v) is 33.9. The number of nitrogens with one attached hydrogen (secondary N) is 1. The molecule has 1 aliphatic carbocycles. The standard InChI is InChI=1S/C58H40N4/c1-4-17-40(18-5-1)55-59-56(41-19-6-2-7-20-41)61-57(60-55)42-33-31-39(32-34-42)43-21-16-22-44(37-43)45-35-36-50-48(38-45)47-25-10-11-26-49(47)58(50)51-27-12-14-29-53(51)62(46-23-8-3-9-24-46)54-30-15-13-28-52(54)58/h1-38,57H,(H,59,60,61). The minimum absolute atomic E-state index is 0.371. The molecule has 0 unspecified atom stereocenters. The van der Waals surface area contributed by atoms with Crippen LogP contribution in [0.1, 0.15) is 45.1 Å². The lowest BCUT2D eigenvalue weighted by Crippen LogP contribution is -2.36. The second kappa shape index (κ2) is 14.6. The molecule has 0 radical (unpaired) electrons. The fourth-order valence-corrected chi connectivity index (χ4v) is 9.96. The lowest BCUT2D eigenvalue weighted by Gasteiger charge is -2.45. The van der Waals surface area contributed by atoms with Crippen LogP contribution in [0.4, 0.5) is 17.1 Å². The van der Waals surface area contributed by atoms with Crippen LogP contribution in [0.2, 0.25) is 0 Å². The molecule has 292 valence electrons. The van der Waals surface area contributed by atoms with Gasteiger partial charge in [0.05, 0.1) is 16.8 Å². The van der Waals surface area contributed by atoms with E-state index in [1.165, 1.54) is 55.9 Å². The van der Waals surface area contributed by atoms with Crippen molar-refractivity contribution in [1.29, 1.82) is 0 Å². The third kappa shape index (κ3) is 5.68. The van der Waals surface area contributed by atoms with Gasteiger partial charge in [-0.3, -0.25) is 0 Å². The van der Waals surface area contributed by atoms with Gasteiger partial charge in [0.25, 0.3) is 0 Å². The van der Waals surface area contributed by atoms with Gasteiger partial charge in [-0.2, -0.15) is 0 Å². The van der Waals surface area contributed by atoms with E-state index in [4.69, 9.17) is 9.98 Å². The monoisotopic (exact) mass is 792 g/mol. The van der Waals surface area contributed by atoms with Gasteiger partial charge in [0, 0.05) is 16.8 Å². The Kier molecular flexibility index (Phi) is 8.42. The smallest absolute Gasteiger partial charge is 0.169 e. The molecular weight excluding hydrogens is 753 g/mol. The largest absolute Gasteiger partial charge is 0.324 e. The molecule has 0 saturated heterocycles. The number of benzene rings is 9. The van der Waals surface area contributed by atoms with E-state index in [0.717, 1.165) is 45.2 Å². The molecule has 3 aliphatic rings. The molecule has 0 fully saturated rings. The van der Waals surface area contributed by atoms with Gasteiger partial charge in [-0.25, -0.2) is 9.98 Å². The molecule has 0 saturated carbocycles. The summed E-state index contributed by atoms with van der Waals surface area (Å²) in [6.45, 7) is 0. The van der Waals surface area contributed by atoms with Crippen molar-refractivity contribution in [1.82, 2.24) is 5.32 Å². The molecule has 9 aromatic rings. The number of nitrogens with zero attached hydrogens (tertiary/aromatic N) is 3. The number of para-hydroxylation sites is 3. The minimum Gasteiger partial charge on any atom is -0.324 e. The average molecular weight is 793 g/mol. The van der Waals surface area contributed by atoms with Crippen LogP contribution in [0.15, 0.2) is 241 Å². The quantitative estimate of drug-likeness (QED) is 0.182. The summed E-state index contributed by atoms with van der Waals surface area (Å²) in [7, 11) is 0. The van der Waals surface area contributed by atoms with Gasteiger partial charge in [-0.1, -0.05) is 194 Å². The molecule has 4 nitrogen and oxygen atoms in total. The molecule has 1 spiro atoms. The van der Waals surface area contributed by atoms with Crippen LogP contribution in [-0.2, 0) is 5.41 Å². The molecule has 2 heterocycles. The van der Waals surface area contributed by atoms with Crippen molar-refractivity contribution in [3.05, 3.63) is 269 Å². The van der Waals surface area contributed by atoms with Crippen molar-refractivity contribution < 1.29 is 0 Å². The van der Waals surface area contributed by atoms with Gasteiger partial charge in [-0.15, -0.1) is 0 Å². The lowest BCUT2D eigenvalue weighted by atomic mass is 9.64. The maximum Gasteiger partial charge on any atom is 0.169 e. The zero-order chi connectivity index (χ0) is 41.0. The first-order valence-electron chi connectivity index (χ1n) is 21.3. The summed E-state index contributed by atoms with van der Waals surface area (Å²) >= 11 is 0. The number of hydrogen-bond acceptors (Lipinski definition) is 4. The van der Waals surface area contributed by atoms with E-state index in [1.54, 1.807) is 0 Å². The Bertz CT molecular complexity index is 3100. The Morgan fingerprint density at radius 2 is 0.823 bits per heavy atom. The number of aliphatic imine (C=N–C) groups is 2. The molecule has 1 N–H and O–H groups in total. The summed E-state index contributed by atoms with van der Waals surface area (Å²) in [5.74, 6) is 1.63. The summed E-state index contributed by atoms with van der Waals surface area (Å²) in [6.07, 6.45) is -0.371. The van der Waals surface area contributed by atoms with Crippen LogP contribution in [0.3, 0.4) is 0 Å². The Morgan fingerprint density at radius 1 is 0.355 bits per heavy atom. The van der Waals surface area contributed by atoms with E-state index in [9.17, 15) is 0 Å². The van der Waals surface area contributed by atoms with E-state index in [2.05, 4.69) is 204 Å². The number of amidine groups is 2. The molecule has 62 heavy (non-hydrogen) atoms. The second-order valence-electron chi connectivity index (χ2n) is 16.2. The van der Waals surface area contributed by atoms with Gasteiger partial charge >= 0.3 is 0 Å². The maximum atomic E-state index is 5.09. The fourth-order valence-electron chi connectivity index (χ4n) is 9.96. The highest BCUT2D eigenvalue weighted by Gasteiger charge is 2.51. The third-order valence-electron chi connectivity index (χ3n) is 12.7. The van der Waals surface area contributed by atoms with E-state index < -0.39 is 5.41 Å². The Labute approximate surface area is 361 Å². The molecule has 0 atom stereocenters. The number of rotatable bonds is 6. The highest BCUT2D eigenvalue weighted by Crippen LogP contribution is 2.63. The predicted molar refractivity (Wildman–Crippen MR) is 255 cm³/mol. The van der Waals surface area contributed by atoms with E-state index in [-0.39, 0.29) is 6.17 Å². The van der Waals surface area contributed by atoms with Crippen molar-refractivity contribution in [2.24, 2.45) is 9.98 Å². The lowest BCUT2D eigenvalue weighted by molar-refractivity contribution is 0.753. The molecule has 0 amide bonds. The van der Waals surface area contributed by atoms with Gasteiger partial charge in [0.1, 0.15) is 11.7 Å². The van der Waals surface area contributed by atoms with E-state index in [1.807, 2.05) is 36.4 Å². The highest BCUT2D eigenvalue weighted by atomic mass is 15.2. The van der Waals surface area contributed by atoms with Crippen molar-refractivity contribution in [2.75, 3.05) is 4.90 Å². The topological polar surface area (TPSA) is 40.0 Å². The molecule has 0 bridgehead atoms. The molecular formula is C58H40N4. The summed E-state index contributed by atoms with van der Waals surface area (Å²) in [5.41, 5.74) is 18.6. The number of hydrogen-bond donors (Lipinski definition) is 1. The first kappa shape index (κ1) is 35.8. The van der Waals surface area contributed by atoms with Crippen LogP contribution in [-0.4, -0.2) is 11.7 Å². The van der Waals surface area contributed by atoms with Crippen LogP contribution < -0.4 is 10.2 Å². The third-order valence-corrected chi connectivity index (χ3v) is 12.7. The molecule has 12 rings (SSSR count). The SMILES string of the molecule is c1ccc(C2=NC(c3ccc(-c4cccc(-c5ccc6c(c5)-c5ccccc5C65c6ccccc6N(c6ccccc6)c6ccccc65)c4)cc3)N=C(c3ccccc3)N2)cc1. The van der Waals surface area contributed by atoms with Crippen molar-refractivity contribution in [3.8, 4) is 33.4 Å². The summed E-state index contributed by atoms with van der Waals surface area (Å²) < 4.78 is 0. The number of fused-ring (bicyclic) bond motifs is 9. The van der Waals surface area contributed by atoms with Crippen LogP contribution in [0, 0.1) is 0 Å². The highest BCUT2D eigenvalue weighted by molar-refractivity contribution is 6.15. The fraction of sp³-hybridized carbons (Fsp3) is 0.0345. The van der Waals surface area contributed by atoms with Gasteiger partial charge in [0.2, 0.25) is 0 Å².